The maximum absolute atomic E-state index is 14.9. The van der Waals surface area contributed by atoms with Crippen LogP contribution in [0.15, 0.2) is 69.1 Å². The van der Waals surface area contributed by atoms with Gasteiger partial charge in [-0.1, -0.05) is 30.3 Å². The molecule has 6 nitrogen and oxygen atoms in total. The van der Waals surface area contributed by atoms with E-state index in [1.807, 2.05) is 49.3 Å². The summed E-state index contributed by atoms with van der Waals surface area (Å²) in [4.78, 5) is 32.2. The third-order valence-electron chi connectivity index (χ3n) is 5.96. The van der Waals surface area contributed by atoms with Crippen LogP contribution in [0.1, 0.15) is 11.1 Å². The Hall–Kier alpha value is -3.27. The van der Waals surface area contributed by atoms with Crippen molar-refractivity contribution in [2.75, 3.05) is 26.5 Å². The molecule has 0 saturated carbocycles. The fraction of sp³-hybridized carbons (Fsp3) is 0.259. The van der Waals surface area contributed by atoms with Crippen LogP contribution in [-0.2, 0) is 11.3 Å². The zero-order chi connectivity index (χ0) is 25.8. The standard InChI is InChI=1S/C27H27F2N3O3S/c1-16-11-21-24(30-27(34)31-26(21)33)25(23(16)20-10-9-18(28)12-22(20)29)36-15-19(32(2)3)14-35-13-17-7-5-4-6-8-17/h4-12,19H,13-15H2,1-3H3,(H2,30,31,33,34)/t19-/m1/s1. The average molecular weight is 512 g/mol. The van der Waals surface area contributed by atoms with Gasteiger partial charge in [0.15, 0.2) is 0 Å². The van der Waals surface area contributed by atoms with Crippen molar-refractivity contribution in [3.63, 3.8) is 0 Å². The molecule has 0 aliphatic rings. The quantitative estimate of drug-likeness (QED) is 0.318. The lowest BCUT2D eigenvalue weighted by molar-refractivity contribution is 0.0766. The van der Waals surface area contributed by atoms with E-state index in [0.29, 0.717) is 45.9 Å². The molecule has 4 aromatic rings. The highest BCUT2D eigenvalue weighted by Gasteiger charge is 2.21. The van der Waals surface area contributed by atoms with Crippen LogP contribution in [0.5, 0.6) is 0 Å². The molecule has 1 aromatic heterocycles. The van der Waals surface area contributed by atoms with E-state index in [1.165, 1.54) is 23.9 Å². The van der Waals surface area contributed by atoms with Gasteiger partial charge in [-0.05, 0) is 50.3 Å². The number of hydrogen-bond acceptors (Lipinski definition) is 5. The van der Waals surface area contributed by atoms with Crippen LogP contribution in [-0.4, -0.2) is 47.4 Å². The van der Waals surface area contributed by atoms with Crippen molar-refractivity contribution in [1.29, 1.82) is 0 Å². The summed E-state index contributed by atoms with van der Waals surface area (Å²) in [5.41, 5.74) is 1.54. The first-order valence-electron chi connectivity index (χ1n) is 11.4. The number of rotatable bonds is 9. The first kappa shape index (κ1) is 25.8. The van der Waals surface area contributed by atoms with Gasteiger partial charge >= 0.3 is 5.69 Å². The third-order valence-corrected chi connectivity index (χ3v) is 7.21. The minimum atomic E-state index is -0.721. The number of fused-ring (bicyclic) bond motifs is 1. The lowest BCUT2D eigenvalue weighted by Gasteiger charge is -2.25. The number of likely N-dealkylation sites (N-methyl/N-ethyl adjacent to an activating group) is 1. The molecule has 2 N–H and O–H groups in total. The molecule has 36 heavy (non-hydrogen) atoms. The van der Waals surface area contributed by atoms with Gasteiger partial charge in [0, 0.05) is 33.9 Å². The Morgan fingerprint density at radius 1 is 1.03 bits per heavy atom. The van der Waals surface area contributed by atoms with Crippen LogP contribution in [0.4, 0.5) is 8.78 Å². The van der Waals surface area contributed by atoms with Crippen LogP contribution in [0.2, 0.25) is 0 Å². The van der Waals surface area contributed by atoms with Gasteiger partial charge in [-0.25, -0.2) is 13.6 Å². The summed E-state index contributed by atoms with van der Waals surface area (Å²) in [7, 11) is 3.89. The molecule has 0 aliphatic heterocycles. The van der Waals surface area contributed by atoms with Gasteiger partial charge in [0.2, 0.25) is 0 Å². The minimum absolute atomic E-state index is 0.0195. The summed E-state index contributed by atoms with van der Waals surface area (Å²) in [6, 6.07) is 14.8. The van der Waals surface area contributed by atoms with E-state index < -0.39 is 22.9 Å². The Morgan fingerprint density at radius 2 is 1.78 bits per heavy atom. The molecule has 0 bridgehead atoms. The molecule has 3 aromatic carbocycles. The monoisotopic (exact) mass is 511 g/mol. The highest BCUT2D eigenvalue weighted by Crippen LogP contribution is 2.40. The van der Waals surface area contributed by atoms with Crippen LogP contribution in [0.25, 0.3) is 22.0 Å². The molecule has 4 rings (SSSR count). The Bertz CT molecular complexity index is 1490. The van der Waals surface area contributed by atoms with Crippen molar-refractivity contribution in [3.05, 3.63) is 98.2 Å². The van der Waals surface area contributed by atoms with Crippen molar-refractivity contribution in [2.24, 2.45) is 0 Å². The highest BCUT2D eigenvalue weighted by atomic mass is 32.2. The predicted octanol–water partition coefficient (Wildman–Crippen LogP) is 4.71. The molecule has 0 saturated heterocycles. The predicted molar refractivity (Wildman–Crippen MR) is 140 cm³/mol. The molecule has 9 heteroatoms. The van der Waals surface area contributed by atoms with Crippen LogP contribution in [0, 0.1) is 18.6 Å². The van der Waals surface area contributed by atoms with Gasteiger partial charge in [-0.3, -0.25) is 9.78 Å². The van der Waals surface area contributed by atoms with E-state index in [9.17, 15) is 18.4 Å². The number of aromatic amines is 2. The summed E-state index contributed by atoms with van der Waals surface area (Å²) in [5, 5.41) is 0.294. The van der Waals surface area contributed by atoms with E-state index in [2.05, 4.69) is 9.97 Å². The zero-order valence-electron chi connectivity index (χ0n) is 20.2. The maximum Gasteiger partial charge on any atom is 0.326 e. The Balaban J connectivity index is 1.71. The van der Waals surface area contributed by atoms with Gasteiger partial charge < -0.3 is 14.6 Å². The number of aromatic nitrogens is 2. The summed E-state index contributed by atoms with van der Waals surface area (Å²) in [6.07, 6.45) is 0. The molecule has 0 radical (unpaired) electrons. The summed E-state index contributed by atoms with van der Waals surface area (Å²) >= 11 is 1.39. The average Bonchev–Trinajstić information content (AvgIpc) is 2.83. The van der Waals surface area contributed by atoms with E-state index >= 15 is 0 Å². The number of hydrogen-bond donors (Lipinski definition) is 2. The smallest absolute Gasteiger partial charge is 0.326 e. The highest BCUT2D eigenvalue weighted by molar-refractivity contribution is 7.99. The molecule has 1 atom stereocenters. The first-order valence-corrected chi connectivity index (χ1v) is 12.4. The normalized spacial score (nSPS) is 12.4. The summed E-state index contributed by atoms with van der Waals surface area (Å²) in [6.45, 7) is 2.67. The van der Waals surface area contributed by atoms with Crippen molar-refractivity contribution in [1.82, 2.24) is 14.9 Å². The second-order valence-corrected chi connectivity index (χ2v) is 9.81. The number of benzene rings is 3. The fourth-order valence-electron chi connectivity index (χ4n) is 3.99. The number of nitrogens with zero attached hydrogens (tertiary/aromatic N) is 1. The lowest BCUT2D eigenvalue weighted by atomic mass is 9.98. The van der Waals surface area contributed by atoms with Gasteiger partial charge in [0.25, 0.3) is 5.56 Å². The van der Waals surface area contributed by atoms with Gasteiger partial charge in [0.05, 0.1) is 24.1 Å². The molecule has 0 fully saturated rings. The topological polar surface area (TPSA) is 78.2 Å². The second kappa shape index (κ2) is 11.2. The molecule has 0 amide bonds. The second-order valence-electron chi connectivity index (χ2n) is 8.78. The van der Waals surface area contributed by atoms with Crippen LogP contribution in [0.3, 0.4) is 0 Å². The molecule has 0 unspecified atom stereocenters. The van der Waals surface area contributed by atoms with Gasteiger partial charge in [-0.2, -0.15) is 0 Å². The number of halogens is 2. The van der Waals surface area contributed by atoms with E-state index in [1.54, 1.807) is 13.0 Å². The van der Waals surface area contributed by atoms with Crippen molar-refractivity contribution in [2.45, 2.75) is 24.5 Å². The lowest BCUT2D eigenvalue weighted by Crippen LogP contribution is -2.34. The molecular weight excluding hydrogens is 484 g/mol. The Morgan fingerprint density at radius 3 is 2.47 bits per heavy atom. The minimum Gasteiger partial charge on any atom is -0.375 e. The number of nitrogens with one attached hydrogen (secondary N) is 2. The van der Waals surface area contributed by atoms with E-state index in [4.69, 9.17) is 4.74 Å². The Labute approximate surface area is 211 Å². The van der Waals surface area contributed by atoms with Gasteiger partial charge in [-0.15, -0.1) is 11.8 Å². The number of H-pyrrole nitrogens is 2. The van der Waals surface area contributed by atoms with E-state index in [0.717, 1.165) is 11.6 Å². The van der Waals surface area contributed by atoms with Crippen molar-refractivity contribution < 1.29 is 13.5 Å². The van der Waals surface area contributed by atoms with Gasteiger partial charge in [0.1, 0.15) is 11.6 Å². The Kier molecular flexibility index (Phi) is 8.03. The third kappa shape index (κ3) is 5.75. The van der Waals surface area contributed by atoms with Crippen molar-refractivity contribution in [3.8, 4) is 11.1 Å². The molecule has 0 spiro atoms. The van der Waals surface area contributed by atoms with Crippen LogP contribution >= 0.6 is 11.8 Å². The first-order chi connectivity index (χ1) is 17.2. The molecule has 188 valence electrons. The summed E-state index contributed by atoms with van der Waals surface area (Å²) in [5.74, 6) is -0.871. The van der Waals surface area contributed by atoms with E-state index in [-0.39, 0.29) is 11.6 Å². The molecular formula is C27H27F2N3O3S. The fourth-order valence-corrected chi connectivity index (χ4v) is 5.46. The SMILES string of the molecule is Cc1cc2c(=O)[nH]c(=O)[nH]c2c(SC[C@@H](COCc2ccccc2)N(C)C)c1-c1ccc(F)cc1F. The van der Waals surface area contributed by atoms with Crippen molar-refractivity contribution >= 4 is 22.7 Å². The maximum atomic E-state index is 14.9. The zero-order valence-corrected chi connectivity index (χ0v) is 21.0. The number of aryl methyl sites for hydroxylation is 1. The molecule has 0 aliphatic carbocycles. The number of ether oxygens (including phenoxy) is 1. The molecule has 1 heterocycles. The largest absolute Gasteiger partial charge is 0.375 e. The summed E-state index contributed by atoms with van der Waals surface area (Å²) < 4.78 is 34.5. The number of thioether (sulfide) groups is 1. The van der Waals surface area contributed by atoms with Crippen LogP contribution < -0.4 is 11.2 Å².